The Balaban J connectivity index is 2.69. The van der Waals surface area contributed by atoms with E-state index in [4.69, 9.17) is 0 Å². The number of hydrogen-bond acceptors (Lipinski definition) is 4. The number of anilines is 1. The molecule has 15 heavy (non-hydrogen) atoms. The number of rotatable bonds is 3. The van der Waals surface area contributed by atoms with Crippen LogP contribution in [0.4, 0.5) is 5.13 Å². The van der Waals surface area contributed by atoms with Gasteiger partial charge >= 0.3 is 0 Å². The van der Waals surface area contributed by atoms with Gasteiger partial charge in [-0.2, -0.15) is 4.37 Å². The highest BCUT2D eigenvalue weighted by Crippen LogP contribution is 2.23. The first-order valence-corrected chi connectivity index (χ1v) is 6.18. The van der Waals surface area contributed by atoms with E-state index in [1.54, 1.807) is 0 Å². The molecule has 0 aromatic carbocycles. The van der Waals surface area contributed by atoms with E-state index in [0.717, 1.165) is 11.0 Å². The second-order valence-corrected chi connectivity index (χ2v) is 6.10. The molecule has 0 radical (unpaired) electrons. The van der Waals surface area contributed by atoms with Gasteiger partial charge in [-0.3, -0.25) is 0 Å². The Morgan fingerprint density at radius 3 is 2.20 bits per heavy atom. The number of nitrogens with one attached hydrogen (secondary N) is 1. The third kappa shape index (κ3) is 3.45. The van der Waals surface area contributed by atoms with Gasteiger partial charge in [0.15, 0.2) is 0 Å². The van der Waals surface area contributed by atoms with Gasteiger partial charge in [0, 0.05) is 23.0 Å². The van der Waals surface area contributed by atoms with Crippen molar-refractivity contribution < 1.29 is 0 Å². The molecule has 1 rings (SSSR count). The first kappa shape index (κ1) is 12.4. The lowest BCUT2D eigenvalue weighted by molar-refractivity contribution is 0.548. The summed E-state index contributed by atoms with van der Waals surface area (Å²) in [4.78, 5) is 4.50. The maximum absolute atomic E-state index is 4.50. The van der Waals surface area contributed by atoms with Gasteiger partial charge in [0.1, 0.15) is 5.82 Å². The lowest BCUT2D eigenvalue weighted by Crippen LogP contribution is -2.21. The molecule has 0 spiro atoms. The molecular formula is C11H21N3S. The van der Waals surface area contributed by atoms with E-state index in [1.165, 1.54) is 11.5 Å². The fraction of sp³-hybridized carbons (Fsp3) is 0.818. The van der Waals surface area contributed by atoms with Crippen LogP contribution in [0.1, 0.15) is 47.4 Å². The highest BCUT2D eigenvalue weighted by molar-refractivity contribution is 7.09. The third-order valence-electron chi connectivity index (χ3n) is 2.45. The normalized spacial score (nSPS) is 14.3. The lowest BCUT2D eigenvalue weighted by Gasteiger charge is -2.16. The molecule has 0 fully saturated rings. The van der Waals surface area contributed by atoms with E-state index in [1.807, 2.05) is 0 Å². The molecule has 1 aromatic rings. The van der Waals surface area contributed by atoms with Crippen LogP contribution in [0.15, 0.2) is 0 Å². The van der Waals surface area contributed by atoms with Gasteiger partial charge in [-0.15, -0.1) is 0 Å². The Kier molecular flexibility index (Phi) is 3.71. The molecule has 1 atom stereocenters. The summed E-state index contributed by atoms with van der Waals surface area (Å²) in [6.45, 7) is 13.0. The standard InChI is InChI=1S/C11H21N3S/c1-7(2)8(3)12-10-13-9(14-15-10)11(4,5)6/h7-8H,1-6H3,(H,12,13,14). The Labute approximate surface area is 96.5 Å². The fourth-order valence-corrected chi connectivity index (χ4v) is 1.80. The van der Waals surface area contributed by atoms with Crippen molar-refractivity contribution in [2.75, 3.05) is 5.32 Å². The van der Waals surface area contributed by atoms with Crippen LogP contribution >= 0.6 is 11.5 Å². The second kappa shape index (κ2) is 4.47. The lowest BCUT2D eigenvalue weighted by atomic mass is 9.96. The van der Waals surface area contributed by atoms with Crippen LogP contribution < -0.4 is 5.32 Å². The first-order chi connectivity index (χ1) is 6.80. The van der Waals surface area contributed by atoms with Crippen LogP contribution in [0, 0.1) is 5.92 Å². The van der Waals surface area contributed by atoms with E-state index in [-0.39, 0.29) is 5.41 Å². The number of hydrogen-bond donors (Lipinski definition) is 1. The largest absolute Gasteiger partial charge is 0.358 e. The Morgan fingerprint density at radius 2 is 1.80 bits per heavy atom. The molecule has 0 aliphatic rings. The summed E-state index contributed by atoms with van der Waals surface area (Å²) >= 11 is 1.45. The van der Waals surface area contributed by atoms with Gasteiger partial charge < -0.3 is 5.32 Å². The molecule has 86 valence electrons. The summed E-state index contributed by atoms with van der Waals surface area (Å²) in [6, 6.07) is 0.436. The predicted molar refractivity (Wildman–Crippen MR) is 66.5 cm³/mol. The summed E-state index contributed by atoms with van der Waals surface area (Å²) in [5.41, 5.74) is 0.0392. The summed E-state index contributed by atoms with van der Waals surface area (Å²) in [5.74, 6) is 1.53. The van der Waals surface area contributed by atoms with E-state index in [2.05, 4.69) is 56.2 Å². The third-order valence-corrected chi connectivity index (χ3v) is 3.09. The van der Waals surface area contributed by atoms with Crippen molar-refractivity contribution in [2.24, 2.45) is 5.92 Å². The molecule has 0 saturated heterocycles. The molecule has 0 aliphatic carbocycles. The highest BCUT2D eigenvalue weighted by Gasteiger charge is 2.20. The van der Waals surface area contributed by atoms with E-state index < -0.39 is 0 Å². The van der Waals surface area contributed by atoms with E-state index in [0.29, 0.717) is 12.0 Å². The predicted octanol–water partition coefficient (Wildman–Crippen LogP) is 3.29. The van der Waals surface area contributed by atoms with Crippen LogP contribution in [0.3, 0.4) is 0 Å². The Hall–Kier alpha value is -0.640. The maximum atomic E-state index is 4.50. The van der Waals surface area contributed by atoms with Gasteiger partial charge in [0.05, 0.1) is 0 Å². The van der Waals surface area contributed by atoms with Gasteiger partial charge in [-0.05, 0) is 12.8 Å². The van der Waals surface area contributed by atoms with E-state index >= 15 is 0 Å². The van der Waals surface area contributed by atoms with Crippen molar-refractivity contribution in [2.45, 2.75) is 53.0 Å². The molecule has 1 heterocycles. The van der Waals surface area contributed by atoms with Crippen LogP contribution in [0.25, 0.3) is 0 Å². The monoisotopic (exact) mass is 227 g/mol. The Bertz CT molecular complexity index is 312. The van der Waals surface area contributed by atoms with E-state index in [9.17, 15) is 0 Å². The van der Waals surface area contributed by atoms with Gasteiger partial charge in [0.25, 0.3) is 0 Å². The zero-order chi connectivity index (χ0) is 11.6. The molecule has 4 heteroatoms. The van der Waals surface area contributed by atoms with Crippen LogP contribution in [-0.2, 0) is 5.41 Å². The zero-order valence-electron chi connectivity index (χ0n) is 10.5. The Morgan fingerprint density at radius 1 is 1.20 bits per heavy atom. The van der Waals surface area contributed by atoms with Crippen molar-refractivity contribution in [3.05, 3.63) is 5.82 Å². The SMILES string of the molecule is CC(C)C(C)Nc1nc(C(C)(C)C)ns1. The summed E-state index contributed by atoms with van der Waals surface area (Å²) in [5, 5.41) is 4.31. The topological polar surface area (TPSA) is 37.8 Å². The van der Waals surface area contributed by atoms with Crippen LogP contribution in [-0.4, -0.2) is 15.4 Å². The summed E-state index contributed by atoms with van der Waals surface area (Å²) in [7, 11) is 0. The zero-order valence-corrected chi connectivity index (χ0v) is 11.3. The van der Waals surface area contributed by atoms with Gasteiger partial charge in [-0.25, -0.2) is 4.98 Å². The highest BCUT2D eigenvalue weighted by atomic mass is 32.1. The minimum absolute atomic E-state index is 0.0392. The fourth-order valence-electron chi connectivity index (χ4n) is 0.948. The van der Waals surface area contributed by atoms with Crippen molar-refractivity contribution in [3.63, 3.8) is 0 Å². The number of nitrogens with zero attached hydrogens (tertiary/aromatic N) is 2. The minimum Gasteiger partial charge on any atom is -0.358 e. The molecule has 3 nitrogen and oxygen atoms in total. The van der Waals surface area contributed by atoms with Gasteiger partial charge in [-0.1, -0.05) is 34.6 Å². The molecular weight excluding hydrogens is 206 g/mol. The van der Waals surface area contributed by atoms with Crippen LogP contribution in [0.2, 0.25) is 0 Å². The van der Waals surface area contributed by atoms with Gasteiger partial charge in [0.2, 0.25) is 5.13 Å². The smallest absolute Gasteiger partial charge is 0.202 e. The maximum Gasteiger partial charge on any atom is 0.202 e. The minimum atomic E-state index is 0.0392. The molecule has 1 N–H and O–H groups in total. The average molecular weight is 227 g/mol. The molecule has 1 unspecified atom stereocenters. The van der Waals surface area contributed by atoms with Crippen molar-refractivity contribution >= 4 is 16.7 Å². The number of aromatic nitrogens is 2. The molecule has 1 aromatic heterocycles. The summed E-state index contributed by atoms with van der Waals surface area (Å²) in [6.07, 6.45) is 0. The molecule has 0 aliphatic heterocycles. The molecule has 0 bridgehead atoms. The first-order valence-electron chi connectivity index (χ1n) is 5.41. The summed E-state index contributed by atoms with van der Waals surface area (Å²) < 4.78 is 4.37. The van der Waals surface area contributed by atoms with Crippen molar-refractivity contribution in [1.29, 1.82) is 0 Å². The average Bonchev–Trinajstić information content (AvgIpc) is 2.51. The molecule has 0 amide bonds. The molecule has 0 saturated carbocycles. The quantitative estimate of drug-likeness (QED) is 0.861. The van der Waals surface area contributed by atoms with Crippen molar-refractivity contribution in [3.8, 4) is 0 Å². The van der Waals surface area contributed by atoms with Crippen molar-refractivity contribution in [1.82, 2.24) is 9.36 Å². The second-order valence-electron chi connectivity index (χ2n) is 5.35. The van der Waals surface area contributed by atoms with Crippen LogP contribution in [0.5, 0.6) is 0 Å².